The summed E-state index contributed by atoms with van der Waals surface area (Å²) in [5, 5.41) is 17.9. The van der Waals surface area contributed by atoms with E-state index in [2.05, 4.69) is 15.7 Å². The number of hydrazine groups is 1. The second kappa shape index (κ2) is 19.4. The van der Waals surface area contributed by atoms with Crippen LogP contribution in [-0.2, 0) is 30.9 Å². The summed E-state index contributed by atoms with van der Waals surface area (Å²) >= 11 is 0. The van der Waals surface area contributed by atoms with Crippen LogP contribution in [0.25, 0.3) is 0 Å². The average molecular weight is 713 g/mol. The molecule has 14 heteroatoms. The van der Waals surface area contributed by atoms with E-state index >= 15 is 0 Å². The lowest BCUT2D eigenvalue weighted by Crippen LogP contribution is -2.53. The lowest BCUT2D eigenvalue weighted by molar-refractivity contribution is -0.150. The second-order valence-corrected chi connectivity index (χ2v) is 14.7. The van der Waals surface area contributed by atoms with E-state index in [0.717, 1.165) is 17.5 Å². The van der Waals surface area contributed by atoms with Crippen LogP contribution in [0.15, 0.2) is 65.7 Å². The predicted octanol–water partition coefficient (Wildman–Crippen LogP) is 5.22. The first kappa shape index (κ1) is 40.4. The zero-order valence-corrected chi connectivity index (χ0v) is 30.1. The van der Waals surface area contributed by atoms with Crippen LogP contribution in [0.5, 0.6) is 0 Å². The molecule has 0 bridgehead atoms. The van der Waals surface area contributed by atoms with Gasteiger partial charge < -0.3 is 0 Å². The van der Waals surface area contributed by atoms with E-state index in [1.54, 1.807) is 30.7 Å². The first-order chi connectivity index (χ1) is 23.9. The number of Topliss-reactive ketones (excluding diaryl/α,β-unsaturated/α-hetero) is 1. The first-order valence-corrected chi connectivity index (χ1v) is 18.8. The van der Waals surface area contributed by atoms with Gasteiger partial charge in [0.15, 0.2) is 5.78 Å². The molecular formula is C36H52N6O7S. The third-order valence-corrected chi connectivity index (χ3v) is 10.4. The molecule has 0 spiro atoms. The Morgan fingerprint density at radius 3 is 2.22 bits per heavy atom. The smallest absolute Gasteiger partial charge is 0.294 e. The van der Waals surface area contributed by atoms with Gasteiger partial charge in [0.1, 0.15) is 11.5 Å². The number of nitrogens with zero attached hydrogens (tertiary/aromatic N) is 3. The molecule has 1 aliphatic carbocycles. The molecule has 274 valence electrons. The fraction of sp³-hybridized carbons (Fsp3) is 0.528. The van der Waals surface area contributed by atoms with Gasteiger partial charge in [-0.25, -0.2) is 16.0 Å². The highest BCUT2D eigenvalue weighted by atomic mass is 32.2. The third-order valence-electron chi connectivity index (χ3n) is 9.58. The number of nitrogens with one attached hydrogen (secondary N) is 2. The Morgan fingerprint density at radius 1 is 1.02 bits per heavy atom. The summed E-state index contributed by atoms with van der Waals surface area (Å²) in [5.41, 5.74) is 5.02. The zero-order valence-electron chi connectivity index (χ0n) is 29.3. The van der Waals surface area contributed by atoms with Crippen molar-refractivity contribution >= 4 is 27.7 Å². The summed E-state index contributed by atoms with van der Waals surface area (Å²) in [6.07, 6.45) is 11.2. The summed E-state index contributed by atoms with van der Waals surface area (Å²) < 4.78 is 30.9. The number of nitrogens with two attached hydrogens (primary N) is 1. The number of hydrogen-bond donors (Lipinski definition) is 5. The van der Waals surface area contributed by atoms with E-state index in [-0.39, 0.29) is 17.7 Å². The molecule has 4 rings (SSSR count). The maximum atomic E-state index is 14.6. The Bertz CT molecular complexity index is 1630. The minimum absolute atomic E-state index is 0.0666. The van der Waals surface area contributed by atoms with Crippen molar-refractivity contribution in [2.24, 2.45) is 23.1 Å². The highest BCUT2D eigenvalue weighted by Gasteiger charge is 2.51. The number of aromatic nitrogens is 3. The minimum Gasteiger partial charge on any atom is -0.296 e. The summed E-state index contributed by atoms with van der Waals surface area (Å²) in [6.45, 7) is 5.50. The largest absolute Gasteiger partial charge is 0.296 e. The van der Waals surface area contributed by atoms with Crippen molar-refractivity contribution in [3.8, 4) is 0 Å². The van der Waals surface area contributed by atoms with Gasteiger partial charge in [-0.15, -0.1) is 5.10 Å². The number of benzene rings is 2. The number of hydroxylamine groups is 1. The maximum Gasteiger partial charge on any atom is 0.294 e. The van der Waals surface area contributed by atoms with Gasteiger partial charge in [0.25, 0.3) is 10.1 Å². The van der Waals surface area contributed by atoms with Gasteiger partial charge in [-0.05, 0) is 63.1 Å². The first-order valence-electron chi connectivity index (χ1n) is 17.3. The molecule has 1 aliphatic rings. The van der Waals surface area contributed by atoms with Crippen LogP contribution in [0.1, 0.15) is 100 Å². The van der Waals surface area contributed by atoms with E-state index in [1.165, 1.54) is 48.9 Å². The number of aryl methyl sites for hydroxylation is 3. The van der Waals surface area contributed by atoms with Crippen molar-refractivity contribution in [2.45, 2.75) is 109 Å². The van der Waals surface area contributed by atoms with Crippen LogP contribution in [0.3, 0.4) is 0 Å². The molecule has 6 N–H and O–H groups in total. The number of ketones is 1. The van der Waals surface area contributed by atoms with Gasteiger partial charge in [0, 0.05) is 6.20 Å². The van der Waals surface area contributed by atoms with Gasteiger partial charge in [0.05, 0.1) is 16.5 Å². The molecule has 2 aromatic carbocycles. The summed E-state index contributed by atoms with van der Waals surface area (Å²) in [6, 6.07) is 14.5. The van der Waals surface area contributed by atoms with Crippen LogP contribution in [-0.4, -0.2) is 50.8 Å². The van der Waals surface area contributed by atoms with E-state index in [4.69, 9.17) is 10.4 Å². The normalized spacial score (nSPS) is 15.9. The molecule has 1 saturated carbocycles. The molecule has 0 aliphatic heterocycles. The summed E-state index contributed by atoms with van der Waals surface area (Å²) in [5.74, 6) is 3.62. The average Bonchev–Trinajstić information content (AvgIpc) is 3.55. The fourth-order valence-corrected chi connectivity index (χ4v) is 7.36. The molecule has 3 atom stereocenters. The zero-order chi connectivity index (χ0) is 36.7. The Labute approximate surface area is 295 Å². The molecular weight excluding hydrogens is 660 g/mol. The quantitative estimate of drug-likeness (QED) is 0.0327. The number of carbonyl (C=O) groups excluding carboxylic acids is 3. The second-order valence-electron chi connectivity index (χ2n) is 13.2. The predicted molar refractivity (Wildman–Crippen MR) is 188 cm³/mol. The standard InChI is InChI=1S/C29H44N6O4.C7H8O3S/c1-3-18-29(28(38)31-30,19-17-23-13-8-5-9-14-23)26(36)25(35-20-21(2)32-34-35)24(27(37)33-39)16-10-15-22-11-6-4-7-12-22;1-6-2-4-7(5-3-6)11(8,9)10/h5,8-9,13-14,20,22,24-25,39H,3-4,6-7,10-12,15-19,30H2,1-2H3,(H,31,38)(H,33,37);2-5H,1H3,(H,8,9,10)/t24-,25+,29?;/m0./s1. The molecule has 1 heterocycles. The molecule has 1 aromatic heterocycles. The summed E-state index contributed by atoms with van der Waals surface area (Å²) in [4.78, 5) is 41.2. The minimum atomic E-state index is -4.02. The Balaban J connectivity index is 0.000000521. The van der Waals surface area contributed by atoms with E-state index in [1.807, 2.05) is 44.2 Å². The molecule has 2 amide bonds. The molecule has 0 radical (unpaired) electrons. The van der Waals surface area contributed by atoms with Crippen molar-refractivity contribution < 1.29 is 32.6 Å². The van der Waals surface area contributed by atoms with Gasteiger partial charge in [-0.3, -0.25) is 29.6 Å². The monoisotopic (exact) mass is 712 g/mol. The molecule has 1 unspecified atom stereocenters. The van der Waals surface area contributed by atoms with Crippen LogP contribution in [0, 0.1) is 31.1 Å². The van der Waals surface area contributed by atoms with Crippen molar-refractivity contribution in [2.75, 3.05) is 0 Å². The van der Waals surface area contributed by atoms with Crippen LogP contribution in [0.4, 0.5) is 0 Å². The lowest BCUT2D eigenvalue weighted by atomic mass is 9.69. The highest BCUT2D eigenvalue weighted by molar-refractivity contribution is 7.85. The summed E-state index contributed by atoms with van der Waals surface area (Å²) in [7, 11) is -4.02. The van der Waals surface area contributed by atoms with Gasteiger partial charge in [-0.2, -0.15) is 8.42 Å². The Morgan fingerprint density at radius 2 is 1.68 bits per heavy atom. The van der Waals surface area contributed by atoms with Crippen LogP contribution < -0.4 is 16.7 Å². The SMILES string of the molecule is CCCC(CCc1ccccc1)(C(=O)NN)C(=O)[C@@H]([C@H](CCCC1CCCCC1)C(=O)NO)n1cc(C)nn1.Cc1ccc(S(=O)(=O)O)cc1. The number of hydrogen-bond acceptors (Lipinski definition) is 9. The molecule has 3 aromatic rings. The number of amides is 2. The molecule has 50 heavy (non-hydrogen) atoms. The molecule has 0 saturated heterocycles. The van der Waals surface area contributed by atoms with Gasteiger partial charge in [0.2, 0.25) is 11.8 Å². The fourth-order valence-electron chi connectivity index (χ4n) is 6.88. The van der Waals surface area contributed by atoms with Gasteiger partial charge >= 0.3 is 0 Å². The molecule has 1 fully saturated rings. The van der Waals surface area contributed by atoms with Crippen molar-refractivity contribution in [1.82, 2.24) is 25.9 Å². The van der Waals surface area contributed by atoms with Gasteiger partial charge in [-0.1, -0.05) is 112 Å². The molecule has 13 nitrogen and oxygen atoms in total. The van der Waals surface area contributed by atoms with Crippen LogP contribution in [0.2, 0.25) is 0 Å². The van der Waals surface area contributed by atoms with Crippen molar-refractivity contribution in [3.63, 3.8) is 0 Å². The van der Waals surface area contributed by atoms with E-state index < -0.39 is 45.1 Å². The third kappa shape index (κ3) is 11.3. The van der Waals surface area contributed by atoms with Crippen LogP contribution >= 0.6 is 0 Å². The van der Waals surface area contributed by atoms with E-state index in [9.17, 15) is 28.0 Å². The topological polar surface area (TPSA) is 207 Å². The lowest BCUT2D eigenvalue weighted by Gasteiger charge is -2.36. The number of carbonyl (C=O) groups is 3. The van der Waals surface area contributed by atoms with Crippen molar-refractivity contribution in [3.05, 3.63) is 77.6 Å². The number of rotatable bonds is 16. The van der Waals surface area contributed by atoms with Crippen molar-refractivity contribution in [1.29, 1.82) is 0 Å². The highest BCUT2D eigenvalue weighted by Crippen LogP contribution is 2.40. The Hall–Kier alpha value is -3.98. The maximum absolute atomic E-state index is 14.6. The Kier molecular flexibility index (Phi) is 15.7. The van der Waals surface area contributed by atoms with E-state index in [0.29, 0.717) is 37.3 Å².